The molecule has 5 rings (SSSR count). The minimum absolute atomic E-state index is 0.0806. The van der Waals surface area contributed by atoms with E-state index in [1.807, 2.05) is 4.90 Å². The van der Waals surface area contributed by atoms with Gasteiger partial charge in [0, 0.05) is 66.3 Å². The van der Waals surface area contributed by atoms with Crippen molar-refractivity contribution in [1.29, 1.82) is 5.26 Å². The fraction of sp³-hybridized carbons (Fsp3) is 0.333. The fourth-order valence-electron chi connectivity index (χ4n) is 4.81. The van der Waals surface area contributed by atoms with Crippen molar-refractivity contribution in [3.8, 4) is 17.2 Å². The van der Waals surface area contributed by atoms with Crippen LogP contribution in [0.2, 0.25) is 5.02 Å². The topological polar surface area (TPSA) is 82.2 Å². The fourth-order valence-corrected chi connectivity index (χ4v) is 6.37. The van der Waals surface area contributed by atoms with Crippen LogP contribution in [0.15, 0.2) is 34.0 Å². The van der Waals surface area contributed by atoms with E-state index in [1.54, 1.807) is 15.5 Å². The number of anilines is 1. The van der Waals surface area contributed by atoms with Gasteiger partial charge in [-0.3, -0.25) is 9.36 Å². The highest BCUT2D eigenvalue weighted by atomic mass is 35.5. The highest BCUT2D eigenvalue weighted by Gasteiger charge is 2.33. The molecular weight excluding hydrogens is 496 g/mol. The number of nitriles is 1. The van der Waals surface area contributed by atoms with Gasteiger partial charge in [0.1, 0.15) is 17.5 Å². The normalized spacial score (nSPS) is 17.5. The number of piperazine rings is 1. The van der Waals surface area contributed by atoms with Gasteiger partial charge in [0.2, 0.25) is 5.91 Å². The Morgan fingerprint density at radius 3 is 2.80 bits per heavy atom. The van der Waals surface area contributed by atoms with Crippen LogP contribution in [0, 0.1) is 23.0 Å². The Labute approximate surface area is 208 Å². The molecule has 3 heterocycles. The molecule has 1 fully saturated rings. The molecule has 1 saturated heterocycles. The van der Waals surface area contributed by atoms with E-state index in [0.717, 1.165) is 6.07 Å². The molecule has 0 bridgehead atoms. The van der Waals surface area contributed by atoms with Gasteiger partial charge in [-0.1, -0.05) is 11.6 Å². The summed E-state index contributed by atoms with van der Waals surface area (Å²) >= 11 is 8.16. The van der Waals surface area contributed by atoms with Crippen LogP contribution in [-0.4, -0.2) is 51.8 Å². The Balaban J connectivity index is 1.75. The van der Waals surface area contributed by atoms with Gasteiger partial charge < -0.3 is 9.80 Å². The Bertz CT molecular complexity index is 1470. The molecule has 0 aliphatic carbocycles. The van der Waals surface area contributed by atoms with Crippen LogP contribution in [0.5, 0.6) is 0 Å². The Morgan fingerprint density at radius 2 is 2.09 bits per heavy atom. The first kappa shape index (κ1) is 23.6. The monoisotopic (exact) mass is 515 g/mol. The van der Waals surface area contributed by atoms with E-state index in [4.69, 9.17) is 11.6 Å². The summed E-state index contributed by atoms with van der Waals surface area (Å²) in [6.07, 6.45) is 0.143. The summed E-state index contributed by atoms with van der Waals surface area (Å²) in [6.45, 7) is 3.07. The quantitative estimate of drug-likeness (QED) is 0.523. The zero-order valence-corrected chi connectivity index (χ0v) is 20.3. The zero-order valence-electron chi connectivity index (χ0n) is 18.7. The number of carbonyl (C=O) groups excluding carboxylic acids is 1. The number of aromatic nitrogens is 2. The molecule has 0 radical (unpaired) electrons. The number of thioether (sulfide) groups is 1. The van der Waals surface area contributed by atoms with Crippen molar-refractivity contribution in [2.45, 2.75) is 30.8 Å². The number of aryl methyl sites for hydroxylation is 1. The van der Waals surface area contributed by atoms with Crippen LogP contribution >= 0.6 is 23.4 Å². The molecule has 35 heavy (non-hydrogen) atoms. The predicted octanol–water partition coefficient (Wildman–Crippen LogP) is 4.05. The van der Waals surface area contributed by atoms with Crippen LogP contribution in [0.1, 0.15) is 13.3 Å². The number of benzene rings is 2. The van der Waals surface area contributed by atoms with Gasteiger partial charge in [-0.25, -0.2) is 13.6 Å². The zero-order chi connectivity index (χ0) is 24.9. The second-order valence-corrected chi connectivity index (χ2v) is 9.99. The molecule has 11 heteroatoms. The van der Waals surface area contributed by atoms with Gasteiger partial charge in [0.05, 0.1) is 29.1 Å². The van der Waals surface area contributed by atoms with Crippen molar-refractivity contribution in [3.63, 3.8) is 0 Å². The van der Waals surface area contributed by atoms with Gasteiger partial charge in [0.25, 0.3) is 0 Å². The largest absolute Gasteiger partial charge is 0.350 e. The van der Waals surface area contributed by atoms with Gasteiger partial charge in [-0.2, -0.15) is 10.2 Å². The minimum Gasteiger partial charge on any atom is -0.348 e. The molecule has 2 aliphatic rings. The first-order valence-electron chi connectivity index (χ1n) is 11.0. The van der Waals surface area contributed by atoms with Gasteiger partial charge in [-0.05, 0) is 18.2 Å². The number of rotatable bonds is 3. The van der Waals surface area contributed by atoms with Crippen molar-refractivity contribution in [2.24, 2.45) is 0 Å². The van der Waals surface area contributed by atoms with Crippen molar-refractivity contribution < 1.29 is 13.6 Å². The summed E-state index contributed by atoms with van der Waals surface area (Å²) in [5, 5.41) is 10.3. The molecule has 0 unspecified atom stereocenters. The smallest absolute Gasteiger partial charge is 0.348 e. The van der Waals surface area contributed by atoms with Crippen LogP contribution in [0.25, 0.3) is 22.0 Å². The van der Waals surface area contributed by atoms with Crippen LogP contribution < -0.4 is 10.6 Å². The third kappa shape index (κ3) is 4.02. The second kappa shape index (κ2) is 9.13. The molecule has 0 spiro atoms. The van der Waals surface area contributed by atoms with E-state index in [2.05, 4.69) is 11.1 Å². The number of nitrogens with zero attached hydrogens (tertiary/aromatic N) is 5. The van der Waals surface area contributed by atoms with Crippen molar-refractivity contribution in [2.75, 3.05) is 30.3 Å². The molecule has 1 aromatic heterocycles. The van der Waals surface area contributed by atoms with Gasteiger partial charge in [-0.15, -0.1) is 11.8 Å². The first-order chi connectivity index (χ1) is 16.8. The third-order valence-electron chi connectivity index (χ3n) is 6.44. The lowest BCUT2D eigenvalue weighted by atomic mass is 10.0. The maximum Gasteiger partial charge on any atom is 0.350 e. The van der Waals surface area contributed by atoms with Crippen molar-refractivity contribution in [3.05, 3.63) is 51.4 Å². The molecule has 1 atom stereocenters. The maximum absolute atomic E-state index is 14.8. The van der Waals surface area contributed by atoms with Crippen LogP contribution in [-0.2, 0) is 11.3 Å². The van der Waals surface area contributed by atoms with Gasteiger partial charge >= 0.3 is 5.69 Å². The predicted molar refractivity (Wildman–Crippen MR) is 131 cm³/mol. The van der Waals surface area contributed by atoms with Crippen molar-refractivity contribution in [1.82, 2.24) is 14.5 Å². The molecule has 2 aromatic carbocycles. The van der Waals surface area contributed by atoms with E-state index in [9.17, 15) is 23.6 Å². The summed E-state index contributed by atoms with van der Waals surface area (Å²) in [4.78, 5) is 33.6. The highest BCUT2D eigenvalue weighted by Crippen LogP contribution is 2.46. The lowest BCUT2D eigenvalue weighted by molar-refractivity contribution is -0.129. The Kier molecular flexibility index (Phi) is 6.15. The summed E-state index contributed by atoms with van der Waals surface area (Å²) in [5.41, 5.74) is 0.690. The molecular formula is C24H20ClF2N5O2S. The van der Waals surface area contributed by atoms with E-state index in [1.165, 1.54) is 30.8 Å². The van der Waals surface area contributed by atoms with E-state index in [-0.39, 0.29) is 29.0 Å². The van der Waals surface area contributed by atoms with E-state index in [0.29, 0.717) is 59.1 Å². The standard InChI is InChI=1S/C24H20ClF2N5O2S/c1-13(33)30-6-7-31(15(12-30)4-5-28)23-17-11-18(25)20(16-3-2-14(26)10-19(16)27)22-21(17)32(8-9-35-22)24(34)29-23/h2-3,10-11,15H,4,6-9,12H2,1H3/t15-/m1/s1. The maximum atomic E-state index is 14.8. The number of hydrogen-bond donors (Lipinski definition) is 0. The summed E-state index contributed by atoms with van der Waals surface area (Å²) in [5.74, 6) is -0.565. The molecule has 180 valence electrons. The highest BCUT2D eigenvalue weighted by molar-refractivity contribution is 7.99. The average Bonchev–Trinajstić information content (AvgIpc) is 2.82. The lowest BCUT2D eigenvalue weighted by Gasteiger charge is -2.41. The van der Waals surface area contributed by atoms with Crippen LogP contribution in [0.3, 0.4) is 0 Å². The SMILES string of the molecule is CC(=O)N1CCN(c2nc(=O)n3c4c(c(-c5ccc(F)cc5F)c(Cl)cc24)SCC3)[C@H](CC#N)C1. The van der Waals surface area contributed by atoms with Gasteiger partial charge in [0.15, 0.2) is 0 Å². The number of hydrogen-bond acceptors (Lipinski definition) is 6. The third-order valence-corrected chi connectivity index (χ3v) is 7.81. The number of halogens is 3. The number of amides is 1. The van der Waals surface area contributed by atoms with E-state index < -0.39 is 17.3 Å². The molecule has 3 aromatic rings. The number of carbonyl (C=O) groups is 1. The van der Waals surface area contributed by atoms with Crippen molar-refractivity contribution >= 4 is 46.0 Å². The molecule has 0 saturated carbocycles. The summed E-state index contributed by atoms with van der Waals surface area (Å²) < 4.78 is 29.9. The summed E-state index contributed by atoms with van der Waals surface area (Å²) in [6, 6.07) is 6.79. The summed E-state index contributed by atoms with van der Waals surface area (Å²) in [7, 11) is 0. The second-order valence-electron chi connectivity index (χ2n) is 8.48. The Morgan fingerprint density at radius 1 is 1.29 bits per heavy atom. The minimum atomic E-state index is -0.744. The van der Waals surface area contributed by atoms with Crippen LogP contribution in [0.4, 0.5) is 14.6 Å². The molecule has 0 N–H and O–H groups in total. The average molecular weight is 516 g/mol. The molecule has 7 nitrogen and oxygen atoms in total. The Hall–Kier alpha value is -3.16. The first-order valence-corrected chi connectivity index (χ1v) is 12.4. The van der Waals surface area contributed by atoms with E-state index >= 15 is 0 Å². The molecule has 2 aliphatic heterocycles. The molecule has 1 amide bonds. The lowest BCUT2D eigenvalue weighted by Crippen LogP contribution is -2.55.